The molecule has 2 aromatic carbocycles. The summed E-state index contributed by atoms with van der Waals surface area (Å²) in [4.78, 5) is 38.9. The number of ether oxygens (including phenoxy) is 1. The largest absolute Gasteiger partial charge is 0.494 e. The van der Waals surface area contributed by atoms with E-state index >= 15 is 0 Å². The number of nitrogens with zero attached hydrogens (tertiary/aromatic N) is 2. The third-order valence-electron chi connectivity index (χ3n) is 4.50. The first-order chi connectivity index (χ1) is 13.4. The Morgan fingerprint density at radius 1 is 1.18 bits per heavy atom. The second-order valence-corrected chi connectivity index (χ2v) is 6.25. The maximum atomic E-state index is 13.9. The first-order valence-electron chi connectivity index (χ1n) is 8.76. The van der Waals surface area contributed by atoms with Gasteiger partial charge in [-0.25, -0.2) is 9.07 Å². The molecule has 146 valence electrons. The highest BCUT2D eigenvalue weighted by atomic mass is 19.1. The average Bonchev–Trinajstić information content (AvgIpc) is 2.70. The van der Waals surface area contributed by atoms with Crippen LogP contribution in [0.1, 0.15) is 12.5 Å². The van der Waals surface area contributed by atoms with Crippen LogP contribution in [0.4, 0.5) is 4.39 Å². The van der Waals surface area contributed by atoms with Gasteiger partial charge in [-0.05, 0) is 36.8 Å². The second-order valence-electron chi connectivity index (χ2n) is 6.25. The maximum Gasteiger partial charge on any atom is 0.273 e. The van der Waals surface area contributed by atoms with Crippen molar-refractivity contribution in [3.63, 3.8) is 0 Å². The van der Waals surface area contributed by atoms with Crippen LogP contribution in [-0.2, 0) is 17.9 Å². The molecule has 0 fully saturated rings. The van der Waals surface area contributed by atoms with E-state index in [1.807, 2.05) is 0 Å². The number of nitrogens with one attached hydrogen (secondary N) is 1. The number of carbonyl (C=O) groups is 1. The standard InChI is InChI=1S/C20H20FN3O4/c1-3-23(11-13-8-9-17(28-2)16(21)10-13)18(25)12-24-20(27)15-7-5-4-6-14(15)19(26)22-24/h4-10H,3,11-12H2,1-2H3,(H,22,26). The van der Waals surface area contributed by atoms with E-state index in [9.17, 15) is 18.8 Å². The van der Waals surface area contributed by atoms with E-state index in [0.29, 0.717) is 12.1 Å². The van der Waals surface area contributed by atoms with Gasteiger partial charge in [0.2, 0.25) is 5.91 Å². The minimum atomic E-state index is -0.515. The van der Waals surface area contributed by atoms with Gasteiger partial charge in [-0.3, -0.25) is 19.5 Å². The first-order valence-corrected chi connectivity index (χ1v) is 8.76. The summed E-state index contributed by atoms with van der Waals surface area (Å²) in [5.41, 5.74) is -0.300. The van der Waals surface area contributed by atoms with Gasteiger partial charge in [0.05, 0.1) is 17.9 Å². The normalized spacial score (nSPS) is 10.8. The molecule has 8 heteroatoms. The fraction of sp³-hybridized carbons (Fsp3) is 0.250. The number of H-pyrrole nitrogens is 1. The summed E-state index contributed by atoms with van der Waals surface area (Å²) in [6.07, 6.45) is 0. The van der Waals surface area contributed by atoms with E-state index in [2.05, 4.69) is 5.10 Å². The molecule has 0 radical (unpaired) electrons. The zero-order valence-corrected chi connectivity index (χ0v) is 15.6. The molecule has 1 amide bonds. The van der Waals surface area contributed by atoms with Crippen molar-refractivity contribution >= 4 is 16.7 Å². The van der Waals surface area contributed by atoms with E-state index in [0.717, 1.165) is 4.68 Å². The quantitative estimate of drug-likeness (QED) is 0.702. The van der Waals surface area contributed by atoms with Crippen LogP contribution in [0, 0.1) is 5.82 Å². The van der Waals surface area contributed by atoms with Crippen LogP contribution >= 0.6 is 0 Å². The number of likely N-dealkylation sites (N-methyl/N-ethyl adjacent to an activating group) is 1. The van der Waals surface area contributed by atoms with E-state index in [1.165, 1.54) is 24.1 Å². The molecule has 0 bridgehead atoms. The van der Waals surface area contributed by atoms with E-state index in [4.69, 9.17) is 4.74 Å². The smallest absolute Gasteiger partial charge is 0.273 e. The number of hydrogen-bond acceptors (Lipinski definition) is 4. The van der Waals surface area contributed by atoms with Crippen molar-refractivity contribution in [1.29, 1.82) is 0 Å². The number of aromatic amines is 1. The Morgan fingerprint density at radius 3 is 2.54 bits per heavy atom. The Labute approximate surface area is 160 Å². The van der Waals surface area contributed by atoms with Crippen LogP contribution in [0.25, 0.3) is 10.8 Å². The summed E-state index contributed by atoms with van der Waals surface area (Å²) in [7, 11) is 1.38. The van der Waals surface area contributed by atoms with E-state index in [-0.39, 0.29) is 35.5 Å². The Kier molecular flexibility index (Phi) is 5.58. The lowest BCUT2D eigenvalue weighted by molar-refractivity contribution is -0.132. The highest BCUT2D eigenvalue weighted by Crippen LogP contribution is 2.18. The lowest BCUT2D eigenvalue weighted by atomic mass is 10.2. The molecule has 3 aromatic rings. The number of halogens is 1. The van der Waals surface area contributed by atoms with Crippen molar-refractivity contribution in [1.82, 2.24) is 14.7 Å². The molecule has 0 aliphatic heterocycles. The molecule has 0 atom stereocenters. The predicted octanol–water partition coefficient (Wildman–Crippen LogP) is 1.89. The third kappa shape index (κ3) is 3.80. The Hall–Kier alpha value is -3.42. The molecule has 0 aliphatic carbocycles. The molecule has 0 saturated heterocycles. The number of hydrogen-bond donors (Lipinski definition) is 1. The van der Waals surface area contributed by atoms with Crippen molar-refractivity contribution < 1.29 is 13.9 Å². The van der Waals surface area contributed by atoms with E-state index < -0.39 is 16.9 Å². The summed E-state index contributed by atoms with van der Waals surface area (Å²) in [5, 5.41) is 2.97. The lowest BCUT2D eigenvalue weighted by Gasteiger charge is -2.21. The SMILES string of the molecule is CCN(Cc1ccc(OC)c(F)c1)C(=O)Cn1[nH]c(=O)c2ccccc2c1=O. The molecule has 1 heterocycles. The summed E-state index contributed by atoms with van der Waals surface area (Å²) >= 11 is 0. The van der Waals surface area contributed by atoms with Gasteiger partial charge in [0.15, 0.2) is 11.6 Å². The summed E-state index contributed by atoms with van der Waals surface area (Å²) in [6.45, 7) is 2.00. The van der Waals surface area contributed by atoms with Crippen molar-refractivity contribution in [2.75, 3.05) is 13.7 Å². The van der Waals surface area contributed by atoms with Gasteiger partial charge in [0.1, 0.15) is 6.54 Å². The van der Waals surface area contributed by atoms with Gasteiger partial charge in [0.25, 0.3) is 11.1 Å². The maximum absolute atomic E-state index is 13.9. The molecule has 1 aromatic heterocycles. The van der Waals surface area contributed by atoms with Crippen molar-refractivity contribution in [2.24, 2.45) is 0 Å². The highest BCUT2D eigenvalue weighted by Gasteiger charge is 2.16. The monoisotopic (exact) mass is 385 g/mol. The average molecular weight is 385 g/mol. The molecule has 28 heavy (non-hydrogen) atoms. The zero-order chi connectivity index (χ0) is 20.3. The molecule has 0 unspecified atom stereocenters. The number of rotatable bonds is 6. The van der Waals surface area contributed by atoms with Crippen LogP contribution in [-0.4, -0.2) is 34.2 Å². The van der Waals surface area contributed by atoms with Gasteiger partial charge in [0, 0.05) is 13.1 Å². The molecular formula is C20H20FN3O4. The highest BCUT2D eigenvalue weighted by molar-refractivity contribution is 5.81. The number of fused-ring (bicyclic) bond motifs is 1. The second kappa shape index (κ2) is 8.08. The summed E-state index contributed by atoms with van der Waals surface area (Å²) < 4.78 is 19.8. The molecule has 3 rings (SSSR count). The van der Waals surface area contributed by atoms with Gasteiger partial charge >= 0.3 is 0 Å². The molecule has 0 saturated carbocycles. The number of amides is 1. The number of benzene rings is 2. The molecule has 0 aliphatic rings. The zero-order valence-electron chi connectivity index (χ0n) is 15.6. The third-order valence-corrected chi connectivity index (χ3v) is 4.50. The lowest BCUT2D eigenvalue weighted by Crippen LogP contribution is -2.39. The Balaban J connectivity index is 1.84. The predicted molar refractivity (Wildman–Crippen MR) is 103 cm³/mol. The molecule has 7 nitrogen and oxygen atoms in total. The number of methoxy groups -OCH3 is 1. The Bertz CT molecular complexity index is 1140. The minimum Gasteiger partial charge on any atom is -0.494 e. The van der Waals surface area contributed by atoms with Crippen molar-refractivity contribution in [3.05, 3.63) is 74.6 Å². The fourth-order valence-corrected chi connectivity index (χ4v) is 3.00. The summed E-state index contributed by atoms with van der Waals surface area (Å²) in [5.74, 6) is -0.760. The van der Waals surface area contributed by atoms with Gasteiger partial charge in [-0.1, -0.05) is 18.2 Å². The van der Waals surface area contributed by atoms with Gasteiger partial charge in [-0.15, -0.1) is 0 Å². The fourth-order valence-electron chi connectivity index (χ4n) is 3.00. The van der Waals surface area contributed by atoms with E-state index in [1.54, 1.807) is 37.3 Å². The number of carbonyl (C=O) groups excluding carboxylic acids is 1. The van der Waals surface area contributed by atoms with Crippen molar-refractivity contribution in [3.8, 4) is 5.75 Å². The minimum absolute atomic E-state index is 0.124. The van der Waals surface area contributed by atoms with Gasteiger partial charge < -0.3 is 9.64 Å². The van der Waals surface area contributed by atoms with Crippen molar-refractivity contribution in [2.45, 2.75) is 20.0 Å². The van der Waals surface area contributed by atoms with Crippen LogP contribution in [0.15, 0.2) is 52.1 Å². The molecule has 0 spiro atoms. The first kappa shape index (κ1) is 19.3. The van der Waals surface area contributed by atoms with Crippen LogP contribution in [0.5, 0.6) is 5.75 Å². The van der Waals surface area contributed by atoms with Crippen LogP contribution in [0.2, 0.25) is 0 Å². The number of aromatic nitrogens is 2. The van der Waals surface area contributed by atoms with Crippen LogP contribution < -0.4 is 15.9 Å². The Morgan fingerprint density at radius 2 is 1.89 bits per heavy atom. The van der Waals surface area contributed by atoms with Gasteiger partial charge in [-0.2, -0.15) is 0 Å². The molecule has 1 N–H and O–H groups in total. The topological polar surface area (TPSA) is 84.4 Å². The summed E-state index contributed by atoms with van der Waals surface area (Å²) in [6, 6.07) is 10.9. The van der Waals surface area contributed by atoms with Crippen LogP contribution in [0.3, 0.4) is 0 Å². The molecular weight excluding hydrogens is 365 g/mol.